The predicted octanol–water partition coefficient (Wildman–Crippen LogP) is 3.03. The first kappa shape index (κ1) is 12.0. The smallest absolute Gasteiger partial charge is 0.319 e. The van der Waals surface area contributed by atoms with Gasteiger partial charge >= 0.3 is 6.18 Å². The molecule has 15 heavy (non-hydrogen) atoms. The summed E-state index contributed by atoms with van der Waals surface area (Å²) < 4.78 is 37.9. The Labute approximate surface area is 87.3 Å². The van der Waals surface area contributed by atoms with Crippen LogP contribution in [0.25, 0.3) is 0 Å². The number of halogens is 3. The highest BCUT2D eigenvalue weighted by Gasteiger charge is 2.33. The Morgan fingerprint density at radius 1 is 1.27 bits per heavy atom. The number of hydrogen-bond acceptors (Lipinski definition) is 1. The molecule has 0 aliphatic carbocycles. The Kier molecular flexibility index (Phi) is 3.74. The maximum atomic E-state index is 12.6. The van der Waals surface area contributed by atoms with Crippen molar-refractivity contribution in [1.82, 2.24) is 5.32 Å². The van der Waals surface area contributed by atoms with Crippen molar-refractivity contribution in [3.05, 3.63) is 35.4 Å². The van der Waals surface area contributed by atoms with E-state index in [0.717, 1.165) is 6.07 Å². The number of benzene rings is 1. The highest BCUT2D eigenvalue weighted by Crippen LogP contribution is 2.34. The van der Waals surface area contributed by atoms with Crippen LogP contribution in [0.3, 0.4) is 0 Å². The molecular formula is C11H14F3N. The maximum absolute atomic E-state index is 12.6. The number of likely N-dealkylation sites (N-methyl/N-ethyl adjacent to an activating group) is 1. The van der Waals surface area contributed by atoms with Gasteiger partial charge < -0.3 is 5.32 Å². The lowest BCUT2D eigenvalue weighted by Crippen LogP contribution is -2.18. The standard InChI is InChI=1S/C11H14F3N/c1-8(7-15-2)9-5-3-4-6-10(9)11(12,13)14/h3-6,8,15H,7H2,1-2H3. The predicted molar refractivity (Wildman–Crippen MR) is 53.8 cm³/mol. The van der Waals surface area contributed by atoms with Gasteiger partial charge in [0.15, 0.2) is 0 Å². The molecule has 1 aromatic rings. The van der Waals surface area contributed by atoms with Crippen molar-refractivity contribution in [2.24, 2.45) is 0 Å². The molecule has 0 spiro atoms. The third-order valence-corrected chi connectivity index (χ3v) is 2.31. The molecule has 1 rings (SSSR count). The molecule has 84 valence electrons. The van der Waals surface area contributed by atoms with Crippen LogP contribution in [0, 0.1) is 0 Å². The van der Waals surface area contributed by atoms with Crippen LogP contribution in [0.15, 0.2) is 24.3 Å². The quantitative estimate of drug-likeness (QED) is 0.820. The van der Waals surface area contributed by atoms with E-state index in [9.17, 15) is 13.2 Å². The highest BCUT2D eigenvalue weighted by molar-refractivity contribution is 5.32. The largest absolute Gasteiger partial charge is 0.416 e. The second kappa shape index (κ2) is 4.66. The van der Waals surface area contributed by atoms with Crippen molar-refractivity contribution < 1.29 is 13.2 Å². The van der Waals surface area contributed by atoms with Gasteiger partial charge in [-0.05, 0) is 24.6 Å². The molecule has 1 atom stereocenters. The Morgan fingerprint density at radius 2 is 1.87 bits per heavy atom. The minimum absolute atomic E-state index is 0.146. The second-order valence-electron chi connectivity index (χ2n) is 3.54. The Bertz CT molecular complexity index is 320. The van der Waals surface area contributed by atoms with Crippen molar-refractivity contribution in [3.8, 4) is 0 Å². The average Bonchev–Trinajstić information content (AvgIpc) is 2.17. The Hall–Kier alpha value is -1.03. The van der Waals surface area contributed by atoms with Crippen LogP contribution >= 0.6 is 0 Å². The molecule has 0 bridgehead atoms. The number of alkyl halides is 3. The van der Waals surface area contributed by atoms with Crippen molar-refractivity contribution in [3.63, 3.8) is 0 Å². The van der Waals surface area contributed by atoms with Crippen LogP contribution in [0.5, 0.6) is 0 Å². The van der Waals surface area contributed by atoms with Crippen molar-refractivity contribution >= 4 is 0 Å². The fraction of sp³-hybridized carbons (Fsp3) is 0.455. The summed E-state index contributed by atoms with van der Waals surface area (Å²) in [5, 5.41) is 2.88. The summed E-state index contributed by atoms with van der Waals surface area (Å²) in [4.78, 5) is 0. The summed E-state index contributed by atoms with van der Waals surface area (Å²) in [5.41, 5.74) is -0.188. The lowest BCUT2D eigenvalue weighted by molar-refractivity contribution is -0.138. The average molecular weight is 217 g/mol. The van der Waals surface area contributed by atoms with Gasteiger partial charge in [-0.3, -0.25) is 0 Å². The van der Waals surface area contributed by atoms with Gasteiger partial charge in [0, 0.05) is 6.54 Å². The molecule has 1 unspecified atom stereocenters. The van der Waals surface area contributed by atoms with Crippen LogP contribution in [-0.4, -0.2) is 13.6 Å². The monoisotopic (exact) mass is 217 g/mol. The van der Waals surface area contributed by atoms with Crippen molar-refractivity contribution in [1.29, 1.82) is 0 Å². The molecule has 0 aliphatic rings. The maximum Gasteiger partial charge on any atom is 0.416 e. The zero-order valence-electron chi connectivity index (χ0n) is 8.73. The van der Waals surface area contributed by atoms with E-state index in [1.54, 1.807) is 20.0 Å². The zero-order chi connectivity index (χ0) is 11.5. The molecule has 0 fully saturated rings. The molecule has 0 aromatic heterocycles. The van der Waals surface area contributed by atoms with Gasteiger partial charge in [0.2, 0.25) is 0 Å². The van der Waals surface area contributed by atoms with Crippen LogP contribution in [0.1, 0.15) is 24.0 Å². The molecular weight excluding hydrogens is 203 g/mol. The zero-order valence-corrected chi connectivity index (χ0v) is 8.73. The van der Waals surface area contributed by atoms with Crippen LogP contribution < -0.4 is 5.32 Å². The van der Waals surface area contributed by atoms with E-state index in [4.69, 9.17) is 0 Å². The van der Waals surface area contributed by atoms with E-state index in [1.807, 2.05) is 0 Å². The summed E-state index contributed by atoms with van der Waals surface area (Å²) in [7, 11) is 1.73. The summed E-state index contributed by atoms with van der Waals surface area (Å²) in [5.74, 6) is -0.146. The molecule has 0 saturated carbocycles. The van der Waals surface area contributed by atoms with Gasteiger partial charge in [-0.2, -0.15) is 13.2 Å². The minimum atomic E-state index is -4.27. The number of nitrogens with one attached hydrogen (secondary N) is 1. The van der Waals surface area contributed by atoms with E-state index in [1.165, 1.54) is 12.1 Å². The van der Waals surface area contributed by atoms with Crippen LogP contribution in [-0.2, 0) is 6.18 Å². The normalized spacial score (nSPS) is 13.9. The second-order valence-corrected chi connectivity index (χ2v) is 3.54. The van der Waals surface area contributed by atoms with E-state index in [-0.39, 0.29) is 5.92 Å². The van der Waals surface area contributed by atoms with Gasteiger partial charge in [0.05, 0.1) is 5.56 Å². The first-order valence-electron chi connectivity index (χ1n) is 4.77. The molecule has 1 aromatic carbocycles. The highest BCUT2D eigenvalue weighted by atomic mass is 19.4. The Balaban J connectivity index is 3.06. The summed E-state index contributed by atoms with van der Waals surface area (Å²) >= 11 is 0. The molecule has 0 saturated heterocycles. The van der Waals surface area contributed by atoms with E-state index < -0.39 is 11.7 Å². The molecule has 1 N–H and O–H groups in total. The fourth-order valence-corrected chi connectivity index (χ4v) is 1.60. The summed E-state index contributed by atoms with van der Waals surface area (Å²) in [6, 6.07) is 5.71. The van der Waals surface area contributed by atoms with Crippen LogP contribution in [0.4, 0.5) is 13.2 Å². The topological polar surface area (TPSA) is 12.0 Å². The van der Waals surface area contributed by atoms with E-state index in [2.05, 4.69) is 5.32 Å². The van der Waals surface area contributed by atoms with Gasteiger partial charge in [0.25, 0.3) is 0 Å². The van der Waals surface area contributed by atoms with Gasteiger partial charge in [-0.15, -0.1) is 0 Å². The summed E-state index contributed by atoms with van der Waals surface area (Å²) in [6.07, 6.45) is -4.27. The molecule has 0 radical (unpaired) electrons. The first-order chi connectivity index (χ1) is 6.96. The first-order valence-corrected chi connectivity index (χ1v) is 4.77. The minimum Gasteiger partial charge on any atom is -0.319 e. The van der Waals surface area contributed by atoms with Crippen molar-refractivity contribution in [2.45, 2.75) is 19.0 Å². The van der Waals surface area contributed by atoms with Crippen molar-refractivity contribution in [2.75, 3.05) is 13.6 Å². The lowest BCUT2D eigenvalue weighted by atomic mass is 9.95. The summed E-state index contributed by atoms with van der Waals surface area (Å²) in [6.45, 7) is 2.31. The fourth-order valence-electron chi connectivity index (χ4n) is 1.60. The van der Waals surface area contributed by atoms with Gasteiger partial charge in [-0.1, -0.05) is 25.1 Å². The molecule has 4 heteroatoms. The van der Waals surface area contributed by atoms with Gasteiger partial charge in [0.1, 0.15) is 0 Å². The van der Waals surface area contributed by atoms with Crippen LogP contribution in [0.2, 0.25) is 0 Å². The van der Waals surface area contributed by atoms with Gasteiger partial charge in [-0.25, -0.2) is 0 Å². The van der Waals surface area contributed by atoms with E-state index in [0.29, 0.717) is 12.1 Å². The Morgan fingerprint density at radius 3 is 2.40 bits per heavy atom. The third-order valence-electron chi connectivity index (χ3n) is 2.31. The third kappa shape index (κ3) is 2.96. The SMILES string of the molecule is CNCC(C)c1ccccc1C(F)(F)F. The molecule has 0 heterocycles. The molecule has 1 nitrogen and oxygen atoms in total. The van der Waals surface area contributed by atoms with E-state index >= 15 is 0 Å². The molecule has 0 aliphatic heterocycles. The lowest BCUT2D eigenvalue weighted by Gasteiger charge is -2.17. The molecule has 0 amide bonds. The number of rotatable bonds is 3. The number of hydrogen-bond donors (Lipinski definition) is 1.